The molecule has 7 nitrogen and oxygen atoms in total. The molecule has 0 bridgehead atoms. The number of aromatic nitrogens is 2. The van der Waals surface area contributed by atoms with Gasteiger partial charge in [-0.2, -0.15) is 0 Å². The highest BCUT2D eigenvalue weighted by Gasteiger charge is 2.45. The van der Waals surface area contributed by atoms with Gasteiger partial charge in [-0.15, -0.1) is 10.2 Å². The molecule has 1 aliphatic rings. The number of benzene rings is 3. The number of para-hydroxylation sites is 2. The number of hydrogen-bond donors (Lipinski definition) is 0. The van der Waals surface area contributed by atoms with Gasteiger partial charge >= 0.3 is 0 Å². The van der Waals surface area contributed by atoms with Gasteiger partial charge in [0.25, 0.3) is 5.91 Å². The number of nitrogens with zero attached hydrogens (tertiary/aromatic N) is 3. The van der Waals surface area contributed by atoms with Crippen LogP contribution in [0.25, 0.3) is 11.0 Å². The van der Waals surface area contributed by atoms with Gasteiger partial charge in [0.05, 0.1) is 17.0 Å². The Morgan fingerprint density at radius 1 is 0.912 bits per heavy atom. The van der Waals surface area contributed by atoms with Gasteiger partial charge in [-0.05, 0) is 48.9 Å². The molecule has 8 heteroatoms. The number of amides is 1. The van der Waals surface area contributed by atoms with Crippen LogP contribution in [0.2, 0.25) is 0 Å². The molecule has 0 unspecified atom stereocenters. The molecule has 0 fully saturated rings. The normalized spacial score (nSPS) is 15.0. The molecule has 0 N–H and O–H groups in total. The zero-order valence-electron chi connectivity index (χ0n) is 18.0. The van der Waals surface area contributed by atoms with Gasteiger partial charge in [-0.1, -0.05) is 53.8 Å². The van der Waals surface area contributed by atoms with Crippen molar-refractivity contribution in [1.82, 2.24) is 10.2 Å². The van der Waals surface area contributed by atoms with Gasteiger partial charge in [0.2, 0.25) is 10.9 Å². The van der Waals surface area contributed by atoms with E-state index in [1.54, 1.807) is 24.3 Å². The fourth-order valence-electron chi connectivity index (χ4n) is 4.19. The van der Waals surface area contributed by atoms with Crippen LogP contribution in [-0.4, -0.2) is 16.1 Å². The van der Waals surface area contributed by atoms with Gasteiger partial charge in [0.1, 0.15) is 22.1 Å². The summed E-state index contributed by atoms with van der Waals surface area (Å²) < 4.78 is 12.0. The predicted molar refractivity (Wildman–Crippen MR) is 129 cm³/mol. The molecule has 0 saturated heterocycles. The molecule has 1 amide bonds. The lowest BCUT2D eigenvalue weighted by Crippen LogP contribution is -2.29. The topological polar surface area (TPSA) is 85.5 Å². The first-order valence-corrected chi connectivity index (χ1v) is 11.4. The minimum Gasteiger partial charge on any atom is -0.457 e. The monoisotopic (exact) mass is 467 g/mol. The Kier molecular flexibility index (Phi) is 4.74. The molecule has 0 spiro atoms. The number of anilines is 1. The van der Waals surface area contributed by atoms with Crippen molar-refractivity contribution >= 4 is 33.3 Å². The van der Waals surface area contributed by atoms with E-state index < -0.39 is 11.9 Å². The minimum absolute atomic E-state index is 0.0240. The predicted octanol–water partition coefficient (Wildman–Crippen LogP) is 5.50. The average Bonchev–Trinajstić information content (AvgIpc) is 3.41. The van der Waals surface area contributed by atoms with Crippen molar-refractivity contribution < 1.29 is 13.9 Å². The number of ether oxygens (including phenoxy) is 1. The minimum atomic E-state index is -0.727. The van der Waals surface area contributed by atoms with E-state index in [0.29, 0.717) is 38.2 Å². The molecule has 5 aromatic rings. The third-order valence-electron chi connectivity index (χ3n) is 5.65. The van der Waals surface area contributed by atoms with Crippen LogP contribution >= 0.6 is 11.3 Å². The number of carbonyl (C=O) groups excluding carboxylic acids is 1. The number of fused-ring (bicyclic) bond motifs is 2. The van der Waals surface area contributed by atoms with Crippen molar-refractivity contribution in [3.8, 4) is 11.5 Å². The van der Waals surface area contributed by atoms with E-state index in [2.05, 4.69) is 10.2 Å². The second-order valence-corrected chi connectivity index (χ2v) is 9.00. The van der Waals surface area contributed by atoms with Crippen molar-refractivity contribution in [2.45, 2.75) is 13.0 Å². The Morgan fingerprint density at radius 3 is 2.47 bits per heavy atom. The van der Waals surface area contributed by atoms with E-state index in [9.17, 15) is 9.59 Å². The van der Waals surface area contributed by atoms with Crippen LogP contribution < -0.4 is 15.1 Å². The van der Waals surface area contributed by atoms with E-state index in [1.165, 1.54) is 16.2 Å². The molecule has 3 heterocycles. The van der Waals surface area contributed by atoms with Crippen molar-refractivity contribution in [3.63, 3.8) is 0 Å². The summed E-state index contributed by atoms with van der Waals surface area (Å²) in [5.41, 5.74) is 1.12. The first-order chi connectivity index (χ1) is 16.6. The van der Waals surface area contributed by atoms with Crippen LogP contribution in [0.4, 0.5) is 5.13 Å². The summed E-state index contributed by atoms with van der Waals surface area (Å²) in [6.45, 7) is 1.82. The van der Waals surface area contributed by atoms with Crippen LogP contribution in [0.3, 0.4) is 0 Å². The first-order valence-electron chi connectivity index (χ1n) is 10.6. The van der Waals surface area contributed by atoms with Crippen LogP contribution in [0.5, 0.6) is 11.5 Å². The molecule has 3 aromatic carbocycles. The van der Waals surface area contributed by atoms with Crippen LogP contribution in [0, 0.1) is 6.92 Å². The summed E-state index contributed by atoms with van der Waals surface area (Å²) in [7, 11) is 0. The third-order valence-corrected chi connectivity index (χ3v) is 6.49. The van der Waals surface area contributed by atoms with Crippen molar-refractivity contribution in [3.05, 3.63) is 111 Å². The van der Waals surface area contributed by atoms with Crippen molar-refractivity contribution in [2.75, 3.05) is 4.90 Å². The largest absolute Gasteiger partial charge is 0.457 e. The van der Waals surface area contributed by atoms with Gasteiger partial charge in [-0.3, -0.25) is 14.5 Å². The lowest BCUT2D eigenvalue weighted by molar-refractivity contribution is 0.0970. The zero-order chi connectivity index (χ0) is 23.2. The SMILES string of the molecule is Cc1nnc(N2C(=O)c3oc4ccccc4c(=O)c3[C@H]2c2cccc(Oc3ccccc3)c2)s1. The summed E-state index contributed by atoms with van der Waals surface area (Å²) in [5.74, 6) is 0.872. The summed E-state index contributed by atoms with van der Waals surface area (Å²) in [4.78, 5) is 28.7. The van der Waals surface area contributed by atoms with Gasteiger partial charge < -0.3 is 9.15 Å². The van der Waals surface area contributed by atoms with E-state index >= 15 is 0 Å². The molecule has 6 rings (SSSR count). The maximum atomic E-state index is 13.6. The molecule has 34 heavy (non-hydrogen) atoms. The van der Waals surface area contributed by atoms with Crippen molar-refractivity contribution in [2.24, 2.45) is 0 Å². The van der Waals surface area contributed by atoms with Gasteiger partial charge in [0.15, 0.2) is 5.43 Å². The average molecular weight is 468 g/mol. The second-order valence-electron chi connectivity index (χ2n) is 7.84. The van der Waals surface area contributed by atoms with Gasteiger partial charge in [0, 0.05) is 0 Å². The fourth-order valence-corrected chi connectivity index (χ4v) is 4.90. The zero-order valence-corrected chi connectivity index (χ0v) is 18.8. The molecule has 2 aromatic heterocycles. The van der Waals surface area contributed by atoms with Crippen LogP contribution in [0.1, 0.15) is 32.7 Å². The summed E-state index contributed by atoms with van der Waals surface area (Å²) in [6, 6.07) is 23.0. The summed E-state index contributed by atoms with van der Waals surface area (Å²) >= 11 is 1.28. The highest BCUT2D eigenvalue weighted by Crippen LogP contribution is 2.42. The van der Waals surface area contributed by atoms with E-state index in [4.69, 9.17) is 9.15 Å². The van der Waals surface area contributed by atoms with E-state index in [0.717, 1.165) is 0 Å². The van der Waals surface area contributed by atoms with Crippen molar-refractivity contribution in [1.29, 1.82) is 0 Å². The fraction of sp³-hybridized carbons (Fsp3) is 0.0769. The molecule has 166 valence electrons. The molecule has 0 radical (unpaired) electrons. The van der Waals surface area contributed by atoms with Crippen LogP contribution in [0.15, 0.2) is 88.1 Å². The highest BCUT2D eigenvalue weighted by atomic mass is 32.1. The second kappa shape index (κ2) is 7.93. The van der Waals surface area contributed by atoms with Crippen LogP contribution in [-0.2, 0) is 0 Å². The van der Waals surface area contributed by atoms with E-state index in [1.807, 2.05) is 61.5 Å². The number of rotatable bonds is 4. The lowest BCUT2D eigenvalue weighted by atomic mass is 9.98. The molecular formula is C26H17N3O4S. The van der Waals surface area contributed by atoms with E-state index in [-0.39, 0.29) is 16.8 Å². The Labute approximate surface area is 197 Å². The molecular weight excluding hydrogens is 450 g/mol. The number of carbonyl (C=O) groups is 1. The maximum absolute atomic E-state index is 13.6. The quantitative estimate of drug-likeness (QED) is 0.347. The first kappa shape index (κ1) is 20.3. The lowest BCUT2D eigenvalue weighted by Gasteiger charge is -2.22. The molecule has 1 aliphatic heterocycles. The maximum Gasteiger partial charge on any atom is 0.297 e. The summed E-state index contributed by atoms with van der Waals surface area (Å²) in [6.07, 6.45) is 0. The highest BCUT2D eigenvalue weighted by molar-refractivity contribution is 7.15. The Morgan fingerprint density at radius 2 is 1.68 bits per heavy atom. The Balaban J connectivity index is 1.55. The molecule has 1 atom stereocenters. The Hall–Kier alpha value is -4.30. The number of hydrogen-bond acceptors (Lipinski definition) is 7. The third kappa shape index (κ3) is 3.27. The molecule has 0 aliphatic carbocycles. The van der Waals surface area contributed by atoms with Gasteiger partial charge in [-0.25, -0.2) is 0 Å². The molecule has 0 saturated carbocycles. The standard InChI is InChI=1S/C26H17N3O4S/c1-15-27-28-26(34-15)29-22(16-8-7-11-18(14-16)32-17-9-3-2-4-10-17)21-23(30)19-12-5-6-13-20(19)33-24(21)25(29)31/h2-14,22H,1H3/t22-/m1/s1. The smallest absolute Gasteiger partial charge is 0.297 e. The number of aryl methyl sites for hydroxylation is 1. The summed E-state index contributed by atoms with van der Waals surface area (Å²) in [5, 5.41) is 9.81. The Bertz CT molecular complexity index is 1610.